The van der Waals surface area contributed by atoms with Crippen molar-refractivity contribution in [2.75, 3.05) is 40.8 Å². The molecule has 2 aromatic heterocycles. The lowest BCUT2D eigenvalue weighted by atomic mass is 10.0. The molecule has 50 heavy (non-hydrogen) atoms. The normalized spacial score (nSPS) is 15.4. The van der Waals surface area contributed by atoms with Gasteiger partial charge in [-0.05, 0) is 62.5 Å². The molecule has 4 aromatic rings. The van der Waals surface area contributed by atoms with Gasteiger partial charge >= 0.3 is 6.09 Å². The molecule has 1 saturated heterocycles. The molecular weight excluding hydrogens is 638 g/mol. The van der Waals surface area contributed by atoms with E-state index in [1.807, 2.05) is 38.1 Å². The minimum Gasteiger partial charge on any atom is -0.453 e. The van der Waals surface area contributed by atoms with Crippen LogP contribution < -0.4 is 10.6 Å². The molecule has 3 heterocycles. The van der Waals surface area contributed by atoms with Crippen molar-refractivity contribution in [2.45, 2.75) is 51.4 Å². The number of carbonyl (C=O) groups excluding carboxylic acids is 4. The lowest BCUT2D eigenvalue weighted by Gasteiger charge is -2.33. The van der Waals surface area contributed by atoms with Crippen molar-refractivity contribution in [3.63, 3.8) is 0 Å². The molecule has 1 fully saturated rings. The molecule has 1 aliphatic rings. The zero-order valence-corrected chi connectivity index (χ0v) is 29.1. The number of hydrogen-bond acceptors (Lipinski definition) is 8. The van der Waals surface area contributed by atoms with Crippen LogP contribution in [0.1, 0.15) is 56.8 Å². The Balaban J connectivity index is 1.24. The highest BCUT2D eigenvalue weighted by molar-refractivity contribution is 5.84. The number of likely N-dealkylation sites (N-methyl/N-ethyl adjacent to an activating group) is 1. The Bertz CT molecular complexity index is 1770. The van der Waals surface area contributed by atoms with E-state index in [0.717, 1.165) is 58.7 Å². The summed E-state index contributed by atoms with van der Waals surface area (Å²) in [5.74, 6) is 1.01. The molecule has 4 amide bonds. The number of nitrogens with one attached hydrogen (secondary N) is 4. The number of aromatic amines is 2. The first kappa shape index (κ1) is 35.8. The number of ether oxygens (including phenoxy) is 1. The van der Waals surface area contributed by atoms with Crippen molar-refractivity contribution in [1.82, 2.24) is 45.3 Å². The summed E-state index contributed by atoms with van der Waals surface area (Å²) in [6.45, 7) is 4.94. The number of likely N-dealkylation sites (tertiary alicyclic amines) is 1. The lowest BCUT2D eigenvalue weighted by molar-refractivity contribution is -0.141. The minimum absolute atomic E-state index is 0.124. The Labute approximate surface area is 291 Å². The number of amides is 4. The van der Waals surface area contributed by atoms with Gasteiger partial charge in [0.15, 0.2) is 6.17 Å². The average molecular weight is 684 g/mol. The van der Waals surface area contributed by atoms with E-state index in [0.29, 0.717) is 25.3 Å². The maximum absolute atomic E-state index is 13.4. The van der Waals surface area contributed by atoms with E-state index in [1.165, 1.54) is 7.11 Å². The number of H-pyrrole nitrogens is 2. The molecule has 0 saturated carbocycles. The smallest absolute Gasteiger partial charge is 0.407 e. The molecule has 0 radical (unpaired) electrons. The van der Waals surface area contributed by atoms with Crippen LogP contribution in [0.25, 0.3) is 33.6 Å². The van der Waals surface area contributed by atoms with Gasteiger partial charge in [-0.15, -0.1) is 0 Å². The van der Waals surface area contributed by atoms with Crippen LogP contribution in [0.4, 0.5) is 4.79 Å². The molecule has 3 atom stereocenters. The highest BCUT2D eigenvalue weighted by atomic mass is 16.5. The zero-order valence-electron chi connectivity index (χ0n) is 29.1. The second kappa shape index (κ2) is 16.3. The average Bonchev–Trinajstić information content (AvgIpc) is 3.93. The van der Waals surface area contributed by atoms with Crippen LogP contribution in [0, 0.1) is 0 Å². The van der Waals surface area contributed by atoms with E-state index in [9.17, 15) is 19.2 Å². The molecule has 0 bridgehead atoms. The summed E-state index contributed by atoms with van der Waals surface area (Å²) in [5, 5.41) is 5.06. The third kappa shape index (κ3) is 8.03. The maximum atomic E-state index is 13.4. The Morgan fingerprint density at radius 2 is 1.58 bits per heavy atom. The fourth-order valence-corrected chi connectivity index (χ4v) is 6.25. The highest BCUT2D eigenvalue weighted by Gasteiger charge is 2.32. The Hall–Kier alpha value is -5.50. The van der Waals surface area contributed by atoms with Gasteiger partial charge in [0.2, 0.25) is 12.3 Å². The van der Waals surface area contributed by atoms with Gasteiger partial charge in [0.1, 0.15) is 18.2 Å². The number of rotatable bonds is 14. The van der Waals surface area contributed by atoms with Crippen molar-refractivity contribution in [1.29, 1.82) is 0 Å². The highest BCUT2D eigenvalue weighted by Crippen LogP contribution is 2.32. The third-order valence-corrected chi connectivity index (χ3v) is 8.96. The largest absolute Gasteiger partial charge is 0.453 e. The van der Waals surface area contributed by atoms with Gasteiger partial charge in [0, 0.05) is 13.1 Å². The van der Waals surface area contributed by atoms with E-state index in [-0.39, 0.29) is 30.4 Å². The second-order valence-corrected chi connectivity index (χ2v) is 12.5. The predicted molar refractivity (Wildman–Crippen MR) is 188 cm³/mol. The van der Waals surface area contributed by atoms with E-state index < -0.39 is 12.3 Å². The van der Waals surface area contributed by atoms with Crippen molar-refractivity contribution in [2.24, 2.45) is 0 Å². The van der Waals surface area contributed by atoms with Crippen LogP contribution in [0.15, 0.2) is 60.9 Å². The van der Waals surface area contributed by atoms with Crippen molar-refractivity contribution in [3.8, 4) is 33.6 Å². The molecule has 14 nitrogen and oxygen atoms in total. The number of aromatic nitrogens is 4. The molecular formula is C36H45N9O5. The van der Waals surface area contributed by atoms with E-state index in [1.54, 1.807) is 41.2 Å². The van der Waals surface area contributed by atoms with Crippen LogP contribution in [0.3, 0.4) is 0 Å². The summed E-state index contributed by atoms with van der Waals surface area (Å²) in [4.78, 5) is 69.8. The molecule has 14 heteroatoms. The van der Waals surface area contributed by atoms with Crippen molar-refractivity contribution < 1.29 is 23.9 Å². The fraction of sp³-hybridized carbons (Fsp3) is 0.389. The van der Waals surface area contributed by atoms with Gasteiger partial charge in [-0.3, -0.25) is 19.3 Å². The van der Waals surface area contributed by atoms with Crippen molar-refractivity contribution in [3.05, 3.63) is 72.6 Å². The molecule has 1 aliphatic heterocycles. The van der Waals surface area contributed by atoms with Crippen LogP contribution >= 0.6 is 0 Å². The quantitative estimate of drug-likeness (QED) is 0.114. The first-order chi connectivity index (χ1) is 24.1. The summed E-state index contributed by atoms with van der Waals surface area (Å²) in [5.41, 5.74) is 5.74. The van der Waals surface area contributed by atoms with Gasteiger partial charge in [-0.2, -0.15) is 0 Å². The molecule has 2 unspecified atom stereocenters. The Kier molecular flexibility index (Phi) is 11.6. The Morgan fingerprint density at radius 1 is 0.980 bits per heavy atom. The molecule has 5 rings (SSSR count). The lowest BCUT2D eigenvalue weighted by Crippen LogP contribution is -2.54. The van der Waals surface area contributed by atoms with Gasteiger partial charge in [0.05, 0.1) is 43.0 Å². The number of benzene rings is 2. The first-order valence-corrected chi connectivity index (χ1v) is 16.7. The molecule has 0 spiro atoms. The SMILES string of the molecule is CCCN(C(=O)C(NC=O)N(C)C)C(C)c1ncc(-c2ccc(-c3ccc(-c4cnc([C@@H]5CCCN5C(=O)CNC(=O)OC)[nH]4)cc3)cc2)[nH]1. The predicted octanol–water partition coefficient (Wildman–Crippen LogP) is 4.09. The fourth-order valence-electron chi connectivity index (χ4n) is 6.25. The van der Waals surface area contributed by atoms with Gasteiger partial charge in [-0.1, -0.05) is 55.5 Å². The van der Waals surface area contributed by atoms with E-state index >= 15 is 0 Å². The Morgan fingerprint density at radius 3 is 2.16 bits per heavy atom. The van der Waals surface area contributed by atoms with E-state index in [4.69, 9.17) is 0 Å². The van der Waals surface area contributed by atoms with E-state index in [2.05, 4.69) is 59.6 Å². The summed E-state index contributed by atoms with van der Waals surface area (Å²) in [6, 6.07) is 15.9. The third-order valence-electron chi connectivity index (χ3n) is 8.96. The molecule has 0 aliphatic carbocycles. The van der Waals surface area contributed by atoms with Crippen LogP contribution in [0.2, 0.25) is 0 Å². The number of carbonyl (C=O) groups is 4. The number of nitrogens with zero attached hydrogens (tertiary/aromatic N) is 5. The molecule has 264 valence electrons. The topological polar surface area (TPSA) is 169 Å². The van der Waals surface area contributed by atoms with Crippen LogP contribution in [-0.2, 0) is 19.1 Å². The molecule has 2 aromatic carbocycles. The van der Waals surface area contributed by atoms with Gasteiger partial charge < -0.3 is 35.1 Å². The number of imidazole rings is 2. The summed E-state index contributed by atoms with van der Waals surface area (Å²) in [7, 11) is 4.76. The summed E-state index contributed by atoms with van der Waals surface area (Å²) < 4.78 is 4.57. The van der Waals surface area contributed by atoms with Crippen LogP contribution in [-0.4, -0.2) is 106 Å². The number of alkyl carbamates (subject to hydrolysis) is 1. The van der Waals surface area contributed by atoms with Crippen molar-refractivity contribution >= 4 is 24.3 Å². The summed E-state index contributed by atoms with van der Waals surface area (Å²) >= 11 is 0. The zero-order chi connectivity index (χ0) is 35.8. The number of methoxy groups -OCH3 is 1. The standard InChI is InChI=1S/C36H45N9O5/c1-6-17-44(35(48)34(40-22-46)43(3)4)23(2)32-37-19-28(41-32)26-13-9-24(10-14-26)25-11-15-27(16-12-25)29-20-38-33(42-29)30-8-7-18-45(30)31(47)21-39-36(49)50-5/h9-16,19-20,22-23,30,34H,6-8,17-18,21H2,1-5H3,(H,37,41)(H,38,42)(H,39,49)(H,40,46)/t23?,30-,34?/m0/s1. The van der Waals surface area contributed by atoms with Crippen LogP contribution in [0.5, 0.6) is 0 Å². The minimum atomic E-state index is -0.765. The van der Waals surface area contributed by atoms with Gasteiger partial charge in [0.25, 0.3) is 5.91 Å². The number of hydrogen-bond donors (Lipinski definition) is 4. The monoisotopic (exact) mass is 683 g/mol. The second-order valence-electron chi connectivity index (χ2n) is 12.5. The van der Waals surface area contributed by atoms with Gasteiger partial charge in [-0.25, -0.2) is 14.8 Å². The molecule has 4 N–H and O–H groups in total. The first-order valence-electron chi connectivity index (χ1n) is 16.7. The summed E-state index contributed by atoms with van der Waals surface area (Å²) in [6.07, 6.45) is 5.11. The maximum Gasteiger partial charge on any atom is 0.407 e.